The van der Waals surface area contributed by atoms with E-state index in [0.29, 0.717) is 37.8 Å². The number of unbranched alkanes of at least 4 members (excludes halogenated alkanes) is 1. The Hall–Kier alpha value is -2.54. The van der Waals surface area contributed by atoms with E-state index < -0.39 is 6.04 Å². The van der Waals surface area contributed by atoms with Crippen LogP contribution in [0.5, 0.6) is 0 Å². The first-order chi connectivity index (χ1) is 16.7. The number of carbonyl (C=O) groups is 4. The number of hydrogen-bond acceptors (Lipinski definition) is 6. The van der Waals surface area contributed by atoms with Crippen LogP contribution in [0.4, 0.5) is 0 Å². The van der Waals surface area contributed by atoms with Gasteiger partial charge < -0.3 is 20.2 Å². The zero-order valence-corrected chi connectivity index (χ0v) is 22.4. The number of aldehydes is 1. The summed E-state index contributed by atoms with van der Waals surface area (Å²) in [7, 11) is 1.79. The van der Waals surface area contributed by atoms with Crippen LogP contribution in [0.3, 0.4) is 0 Å². The van der Waals surface area contributed by atoms with Crippen molar-refractivity contribution in [3.63, 3.8) is 0 Å². The molecular weight excluding hydrogens is 444 g/mol. The van der Waals surface area contributed by atoms with Crippen molar-refractivity contribution >= 4 is 24.4 Å². The van der Waals surface area contributed by atoms with Gasteiger partial charge in [0.25, 0.3) is 6.47 Å². The van der Waals surface area contributed by atoms with Crippen LogP contribution < -0.4 is 10.6 Å². The average molecular weight is 491 g/mol. The van der Waals surface area contributed by atoms with Crippen molar-refractivity contribution in [1.29, 1.82) is 0 Å². The molecule has 0 heterocycles. The number of ether oxygens (including phenoxy) is 1. The number of Topliss-reactive ketones (excluding diaryl/α,β-unsaturated/α-hetero) is 1. The van der Waals surface area contributed by atoms with Crippen molar-refractivity contribution in [1.82, 2.24) is 10.6 Å². The van der Waals surface area contributed by atoms with E-state index in [2.05, 4.69) is 36.1 Å². The van der Waals surface area contributed by atoms with Gasteiger partial charge in [-0.3, -0.25) is 14.4 Å². The molecule has 7 nitrogen and oxygen atoms in total. The topological polar surface area (TPSA) is 102 Å². The molecule has 198 valence electrons. The standard InChI is InChI=1S/C20H38N2O3.C8H8O2/c1-7-8-9-17(13-23)22-20(25)16(10-14(2)3)12-19(24)18(21-6)11-15(4)5;9-7-10-6-8-4-2-1-3-5-8/h13-18,21H,7-12H2,1-6H3,(H,22,25);1-5,7H,6H2/t16-,17+,18+;/m1./s1. The van der Waals surface area contributed by atoms with Crippen molar-refractivity contribution in [2.75, 3.05) is 7.05 Å². The zero-order chi connectivity index (χ0) is 26.6. The zero-order valence-electron chi connectivity index (χ0n) is 22.4. The first kappa shape index (κ1) is 32.5. The van der Waals surface area contributed by atoms with Gasteiger partial charge in [-0.05, 0) is 43.7 Å². The third-order valence-corrected chi connectivity index (χ3v) is 5.54. The van der Waals surface area contributed by atoms with Crippen LogP contribution >= 0.6 is 0 Å². The van der Waals surface area contributed by atoms with Gasteiger partial charge in [0.15, 0.2) is 5.78 Å². The molecular formula is C28H46N2O5. The molecule has 35 heavy (non-hydrogen) atoms. The molecule has 0 fully saturated rings. The molecule has 1 aromatic carbocycles. The fourth-order valence-corrected chi connectivity index (χ4v) is 3.72. The molecule has 0 aliphatic carbocycles. The van der Waals surface area contributed by atoms with E-state index in [9.17, 15) is 19.2 Å². The molecule has 0 aliphatic rings. The fourth-order valence-electron chi connectivity index (χ4n) is 3.72. The van der Waals surface area contributed by atoms with Gasteiger partial charge in [0.05, 0.1) is 12.1 Å². The summed E-state index contributed by atoms with van der Waals surface area (Å²) in [5.41, 5.74) is 1.01. The lowest BCUT2D eigenvalue weighted by Crippen LogP contribution is -2.43. The summed E-state index contributed by atoms with van der Waals surface area (Å²) in [4.78, 5) is 46.2. The first-order valence-corrected chi connectivity index (χ1v) is 12.7. The Morgan fingerprint density at radius 3 is 2.11 bits per heavy atom. The van der Waals surface area contributed by atoms with Crippen molar-refractivity contribution in [2.24, 2.45) is 17.8 Å². The van der Waals surface area contributed by atoms with Crippen molar-refractivity contribution in [2.45, 2.75) is 91.8 Å². The summed E-state index contributed by atoms with van der Waals surface area (Å²) in [6.45, 7) is 11.1. The molecule has 0 saturated carbocycles. The van der Waals surface area contributed by atoms with Crippen LogP contribution in [0.25, 0.3) is 0 Å². The van der Waals surface area contributed by atoms with Crippen LogP contribution in [0, 0.1) is 17.8 Å². The Balaban J connectivity index is 0.000000952. The molecule has 1 aromatic rings. The van der Waals surface area contributed by atoms with Crippen molar-refractivity contribution in [3.8, 4) is 0 Å². The van der Waals surface area contributed by atoms with Crippen molar-refractivity contribution in [3.05, 3.63) is 35.9 Å². The Kier molecular flexibility index (Phi) is 18.3. The van der Waals surface area contributed by atoms with Gasteiger partial charge >= 0.3 is 0 Å². The van der Waals surface area contributed by atoms with Crippen LogP contribution in [-0.4, -0.2) is 43.6 Å². The lowest BCUT2D eigenvalue weighted by atomic mass is 9.88. The smallest absolute Gasteiger partial charge is 0.293 e. The second-order valence-electron chi connectivity index (χ2n) is 9.75. The van der Waals surface area contributed by atoms with E-state index in [1.165, 1.54) is 0 Å². The lowest BCUT2D eigenvalue weighted by Gasteiger charge is -2.23. The maximum Gasteiger partial charge on any atom is 0.293 e. The largest absolute Gasteiger partial charge is 0.463 e. The number of carbonyl (C=O) groups excluding carboxylic acids is 4. The molecule has 0 aromatic heterocycles. The number of benzene rings is 1. The van der Waals surface area contributed by atoms with E-state index in [1.54, 1.807) is 7.05 Å². The molecule has 0 aliphatic heterocycles. The molecule has 0 unspecified atom stereocenters. The first-order valence-electron chi connectivity index (χ1n) is 12.7. The molecule has 0 saturated heterocycles. The highest BCUT2D eigenvalue weighted by atomic mass is 16.5. The van der Waals surface area contributed by atoms with Crippen LogP contribution in [0.15, 0.2) is 30.3 Å². The highest BCUT2D eigenvalue weighted by Crippen LogP contribution is 2.19. The van der Waals surface area contributed by atoms with Gasteiger partial charge in [-0.25, -0.2) is 0 Å². The van der Waals surface area contributed by atoms with Crippen molar-refractivity contribution < 1.29 is 23.9 Å². The average Bonchev–Trinajstić information content (AvgIpc) is 2.83. The molecule has 1 amide bonds. The normalized spacial score (nSPS) is 13.3. The van der Waals surface area contributed by atoms with E-state index >= 15 is 0 Å². The minimum Gasteiger partial charge on any atom is -0.463 e. The van der Waals surface area contributed by atoms with Gasteiger partial charge in [-0.15, -0.1) is 0 Å². The molecule has 1 rings (SSSR count). The summed E-state index contributed by atoms with van der Waals surface area (Å²) in [5, 5.41) is 5.90. The third kappa shape index (κ3) is 15.9. The lowest BCUT2D eigenvalue weighted by molar-refractivity contribution is -0.132. The van der Waals surface area contributed by atoms with E-state index in [4.69, 9.17) is 0 Å². The van der Waals surface area contributed by atoms with Gasteiger partial charge in [-0.1, -0.05) is 77.8 Å². The Morgan fingerprint density at radius 1 is 1.00 bits per heavy atom. The number of amides is 1. The number of rotatable bonds is 17. The molecule has 7 heteroatoms. The Morgan fingerprint density at radius 2 is 1.63 bits per heavy atom. The third-order valence-electron chi connectivity index (χ3n) is 5.54. The quantitative estimate of drug-likeness (QED) is 0.312. The second-order valence-corrected chi connectivity index (χ2v) is 9.75. The van der Waals surface area contributed by atoms with Gasteiger partial charge in [0.2, 0.25) is 5.91 Å². The number of nitrogens with one attached hydrogen (secondary N) is 2. The maximum atomic E-state index is 12.6. The van der Waals surface area contributed by atoms with Gasteiger partial charge in [0, 0.05) is 12.3 Å². The van der Waals surface area contributed by atoms with Crippen LogP contribution in [-0.2, 0) is 30.5 Å². The SMILES string of the molecule is CCCC[C@@H](C=O)NC(=O)[C@@H](CC(=O)[C@H](CC(C)C)NC)CC(C)C.O=COCc1ccccc1. The molecule has 0 spiro atoms. The minimum absolute atomic E-state index is 0.0770. The van der Waals surface area contributed by atoms with Crippen LogP contribution in [0.2, 0.25) is 0 Å². The van der Waals surface area contributed by atoms with E-state index in [0.717, 1.165) is 31.1 Å². The monoisotopic (exact) mass is 490 g/mol. The summed E-state index contributed by atoms with van der Waals surface area (Å²) in [6.07, 6.45) is 4.97. The molecule has 0 radical (unpaired) electrons. The second kappa shape index (κ2) is 19.7. The Bertz CT molecular complexity index is 721. The van der Waals surface area contributed by atoms with Crippen LogP contribution in [0.1, 0.15) is 78.7 Å². The number of hydrogen-bond donors (Lipinski definition) is 2. The van der Waals surface area contributed by atoms with Gasteiger partial charge in [-0.2, -0.15) is 0 Å². The Labute approximate surface area is 211 Å². The van der Waals surface area contributed by atoms with Gasteiger partial charge in [0.1, 0.15) is 12.9 Å². The summed E-state index contributed by atoms with van der Waals surface area (Å²) in [6, 6.07) is 8.88. The molecule has 2 N–H and O–H groups in total. The predicted octanol–water partition coefficient (Wildman–Crippen LogP) is 4.48. The minimum atomic E-state index is -0.451. The fraction of sp³-hybridized carbons (Fsp3) is 0.643. The molecule has 0 bridgehead atoms. The van der Waals surface area contributed by atoms with E-state index in [-0.39, 0.29) is 30.1 Å². The highest BCUT2D eigenvalue weighted by Gasteiger charge is 2.28. The number of likely N-dealkylation sites (N-methyl/N-ethyl adjacent to an activating group) is 1. The maximum absolute atomic E-state index is 12.6. The summed E-state index contributed by atoms with van der Waals surface area (Å²) >= 11 is 0. The predicted molar refractivity (Wildman–Crippen MR) is 140 cm³/mol. The summed E-state index contributed by atoms with van der Waals surface area (Å²) in [5.74, 6) is 0.252. The highest BCUT2D eigenvalue weighted by molar-refractivity contribution is 5.90. The van der Waals surface area contributed by atoms with E-state index in [1.807, 2.05) is 44.2 Å². The number of ketones is 1. The summed E-state index contributed by atoms with van der Waals surface area (Å²) < 4.78 is 4.54. The molecule has 3 atom stereocenters.